The van der Waals surface area contributed by atoms with Gasteiger partial charge < -0.3 is 11.1 Å². The van der Waals surface area contributed by atoms with Gasteiger partial charge in [-0.05, 0) is 24.1 Å². The summed E-state index contributed by atoms with van der Waals surface area (Å²) >= 11 is 0. The van der Waals surface area contributed by atoms with E-state index < -0.39 is 36.1 Å². The van der Waals surface area contributed by atoms with Gasteiger partial charge in [0.1, 0.15) is 6.67 Å². The summed E-state index contributed by atoms with van der Waals surface area (Å²) < 4.78 is 38.6. The van der Waals surface area contributed by atoms with Crippen LogP contribution in [0.3, 0.4) is 0 Å². The molecule has 1 aromatic heterocycles. The number of nitrogens with two attached hydrogens (primary N) is 1. The molecule has 0 spiro atoms. The minimum absolute atomic E-state index is 0.218. The fraction of sp³-hybridized carbons (Fsp3) is 0.368. The molecular formula is C19H24F3N4O4+. The highest BCUT2D eigenvalue weighted by Gasteiger charge is 2.35. The summed E-state index contributed by atoms with van der Waals surface area (Å²) in [6.45, 7) is 0.521. The number of aromatic nitrogens is 1. The Morgan fingerprint density at radius 2 is 1.80 bits per heavy atom. The van der Waals surface area contributed by atoms with Crippen LogP contribution in [0.2, 0.25) is 0 Å². The predicted octanol–water partition coefficient (Wildman–Crippen LogP) is 2.69. The fourth-order valence-electron chi connectivity index (χ4n) is 2.73. The van der Waals surface area contributed by atoms with E-state index in [1.807, 2.05) is 11.4 Å². The molecule has 1 amide bonds. The number of benzene rings is 1. The van der Waals surface area contributed by atoms with Gasteiger partial charge in [-0.1, -0.05) is 30.3 Å². The fourth-order valence-corrected chi connectivity index (χ4v) is 2.73. The molecule has 0 fully saturated rings. The molecule has 0 bridgehead atoms. The largest absolute Gasteiger partial charge is 0.343 e. The average Bonchev–Trinajstić information content (AvgIpc) is 2.69. The third kappa shape index (κ3) is 6.47. The number of rotatable bonds is 9. The van der Waals surface area contributed by atoms with Crippen molar-refractivity contribution in [1.82, 2.24) is 10.3 Å². The SMILES string of the molecule is CC(N)c1ccc(-c2ccc(C(O[N+](C)(O)O)C(CF)NC(=O)C(F)F)cc2)cn1. The highest BCUT2D eigenvalue weighted by atomic mass is 19.3. The van der Waals surface area contributed by atoms with Gasteiger partial charge in [0.2, 0.25) is 0 Å². The van der Waals surface area contributed by atoms with Crippen LogP contribution in [0, 0.1) is 0 Å². The zero-order valence-electron chi connectivity index (χ0n) is 16.4. The average molecular weight is 429 g/mol. The van der Waals surface area contributed by atoms with Crippen LogP contribution in [0.15, 0.2) is 42.6 Å². The van der Waals surface area contributed by atoms with E-state index >= 15 is 0 Å². The maximum absolute atomic E-state index is 13.5. The zero-order chi connectivity index (χ0) is 22.5. The van der Waals surface area contributed by atoms with Crippen LogP contribution >= 0.6 is 0 Å². The van der Waals surface area contributed by atoms with Crippen molar-refractivity contribution >= 4 is 5.91 Å². The van der Waals surface area contributed by atoms with E-state index in [4.69, 9.17) is 10.6 Å². The molecule has 8 nitrogen and oxygen atoms in total. The van der Waals surface area contributed by atoms with Crippen molar-refractivity contribution in [3.63, 3.8) is 0 Å². The van der Waals surface area contributed by atoms with Gasteiger partial charge in [0.25, 0.3) is 5.91 Å². The number of amides is 1. The van der Waals surface area contributed by atoms with Crippen LogP contribution in [-0.2, 0) is 9.63 Å². The van der Waals surface area contributed by atoms with E-state index in [1.54, 1.807) is 31.3 Å². The lowest BCUT2D eigenvalue weighted by Gasteiger charge is -2.27. The third-order valence-electron chi connectivity index (χ3n) is 4.20. The van der Waals surface area contributed by atoms with Gasteiger partial charge in [-0.25, -0.2) is 4.39 Å². The molecule has 164 valence electrons. The quantitative estimate of drug-likeness (QED) is 0.360. The van der Waals surface area contributed by atoms with Gasteiger partial charge in [-0.2, -0.15) is 8.78 Å². The molecule has 0 aliphatic heterocycles. The number of alkyl halides is 3. The third-order valence-corrected chi connectivity index (χ3v) is 4.20. The molecule has 1 aromatic carbocycles. The molecule has 0 radical (unpaired) electrons. The Kier molecular flexibility index (Phi) is 7.87. The standard InChI is InChI=1S/C19H23F3N4O4/c1-11(23)15-8-7-14(10-24-15)12-3-5-13(6-4-12)17(30-26(2,28)29)16(9-20)25-19(27)18(21)22/h3-8,10-11,16-18,28-29H,9,23H2,1-2H3/p+1. The van der Waals surface area contributed by atoms with Gasteiger partial charge in [0, 0.05) is 17.8 Å². The monoisotopic (exact) mass is 429 g/mol. The zero-order valence-corrected chi connectivity index (χ0v) is 16.4. The van der Waals surface area contributed by atoms with E-state index in [0.717, 1.165) is 18.2 Å². The Balaban J connectivity index is 2.30. The number of quaternary nitrogens is 1. The van der Waals surface area contributed by atoms with E-state index in [0.29, 0.717) is 5.69 Å². The van der Waals surface area contributed by atoms with E-state index in [2.05, 4.69) is 4.98 Å². The van der Waals surface area contributed by atoms with Crippen LogP contribution in [0.5, 0.6) is 0 Å². The first-order chi connectivity index (χ1) is 14.0. The van der Waals surface area contributed by atoms with Crippen molar-refractivity contribution in [3.05, 3.63) is 53.9 Å². The van der Waals surface area contributed by atoms with Gasteiger partial charge in [-0.15, -0.1) is 15.3 Å². The minimum atomic E-state index is -3.36. The Morgan fingerprint density at radius 3 is 2.23 bits per heavy atom. The van der Waals surface area contributed by atoms with Gasteiger partial charge in [0.05, 0.1) is 16.7 Å². The number of nitrogens with zero attached hydrogens (tertiary/aromatic N) is 2. The molecule has 0 aliphatic rings. The number of halogens is 3. The first kappa shape index (κ1) is 23.7. The minimum Gasteiger partial charge on any atom is -0.343 e. The Labute approximate surface area is 171 Å². The second kappa shape index (κ2) is 9.96. The van der Waals surface area contributed by atoms with E-state index in [9.17, 15) is 28.4 Å². The summed E-state index contributed by atoms with van der Waals surface area (Å²) in [6, 6.07) is 8.05. The Morgan fingerprint density at radius 1 is 1.20 bits per heavy atom. The second-order valence-corrected chi connectivity index (χ2v) is 6.81. The van der Waals surface area contributed by atoms with Crippen LogP contribution in [0.25, 0.3) is 11.1 Å². The van der Waals surface area contributed by atoms with Crippen molar-refractivity contribution < 1.29 is 38.2 Å². The normalized spacial score (nSPS) is 15.0. The number of carbonyl (C=O) groups is 1. The summed E-state index contributed by atoms with van der Waals surface area (Å²) in [4.78, 5) is 18.5. The molecular weight excluding hydrogens is 405 g/mol. The first-order valence-electron chi connectivity index (χ1n) is 8.98. The van der Waals surface area contributed by atoms with E-state index in [1.165, 1.54) is 12.1 Å². The van der Waals surface area contributed by atoms with Crippen LogP contribution in [-0.4, -0.2) is 52.5 Å². The highest BCUT2D eigenvalue weighted by molar-refractivity contribution is 5.79. The van der Waals surface area contributed by atoms with Crippen molar-refractivity contribution in [2.24, 2.45) is 5.73 Å². The van der Waals surface area contributed by atoms with Crippen LogP contribution in [0.1, 0.15) is 30.3 Å². The molecule has 30 heavy (non-hydrogen) atoms. The molecule has 11 heteroatoms. The molecule has 0 aliphatic carbocycles. The van der Waals surface area contributed by atoms with Gasteiger partial charge in [-0.3, -0.25) is 9.78 Å². The predicted molar refractivity (Wildman–Crippen MR) is 99.8 cm³/mol. The van der Waals surface area contributed by atoms with Crippen LogP contribution < -0.4 is 11.1 Å². The molecule has 5 N–H and O–H groups in total. The van der Waals surface area contributed by atoms with Crippen LogP contribution in [0.4, 0.5) is 13.2 Å². The second-order valence-electron chi connectivity index (χ2n) is 6.81. The summed E-state index contributed by atoms with van der Waals surface area (Å²) in [7, 11) is 0.817. The lowest BCUT2D eigenvalue weighted by molar-refractivity contribution is -1.36. The lowest BCUT2D eigenvalue weighted by atomic mass is 9.99. The summed E-state index contributed by atoms with van der Waals surface area (Å²) in [5, 5.41) is 20.8. The van der Waals surface area contributed by atoms with Crippen molar-refractivity contribution in [2.75, 3.05) is 13.7 Å². The molecule has 0 saturated carbocycles. The number of hydroxylamine groups is 3. The molecule has 0 saturated heterocycles. The Bertz CT molecular complexity index is 827. The number of carbonyl (C=O) groups excluding carboxylic acids is 1. The number of hydrogen-bond acceptors (Lipinski definition) is 6. The molecule has 3 unspecified atom stereocenters. The summed E-state index contributed by atoms with van der Waals surface area (Å²) in [6.07, 6.45) is -3.20. The topological polar surface area (TPSA) is 118 Å². The number of hydrogen-bond donors (Lipinski definition) is 4. The smallest absolute Gasteiger partial charge is 0.315 e. The number of pyridine rings is 1. The highest BCUT2D eigenvalue weighted by Crippen LogP contribution is 2.28. The molecule has 2 rings (SSSR count). The maximum atomic E-state index is 13.5. The van der Waals surface area contributed by atoms with Gasteiger partial charge in [0.15, 0.2) is 13.2 Å². The summed E-state index contributed by atoms with van der Waals surface area (Å²) in [5.41, 5.74) is 8.22. The van der Waals surface area contributed by atoms with Crippen molar-refractivity contribution in [2.45, 2.75) is 31.5 Å². The van der Waals surface area contributed by atoms with Gasteiger partial charge >= 0.3 is 6.43 Å². The molecule has 1 heterocycles. The molecule has 2 aromatic rings. The maximum Gasteiger partial charge on any atom is 0.315 e. The van der Waals surface area contributed by atoms with E-state index in [-0.39, 0.29) is 11.6 Å². The van der Waals surface area contributed by atoms with Crippen molar-refractivity contribution in [3.8, 4) is 11.1 Å². The van der Waals surface area contributed by atoms with Crippen molar-refractivity contribution in [1.29, 1.82) is 0 Å². The Hall–Kier alpha value is -2.57. The number of nitrogens with one attached hydrogen (secondary N) is 1. The lowest BCUT2D eigenvalue weighted by Crippen LogP contribution is -2.48. The summed E-state index contributed by atoms with van der Waals surface area (Å²) in [5.74, 6) is -1.70. The molecule has 3 atom stereocenters. The first-order valence-corrected chi connectivity index (χ1v) is 8.98.